The molecule has 11 nitrogen and oxygen atoms in total. The topological polar surface area (TPSA) is 193 Å². The van der Waals surface area contributed by atoms with E-state index in [-0.39, 0.29) is 6.54 Å². The molecule has 0 fully saturated rings. The molecule has 0 saturated heterocycles. The minimum absolute atomic E-state index is 0.309. The van der Waals surface area contributed by atoms with Gasteiger partial charge in [0.05, 0.1) is 12.8 Å². The normalized spacial score (nSPS) is 10.5. The summed E-state index contributed by atoms with van der Waals surface area (Å²) in [6.07, 6.45) is -2.29. The molecule has 0 bridgehead atoms. The minimum Gasteiger partial charge on any atom is -0.481 e. The number of aliphatic carboxylic acids is 4. The third-order valence-electron chi connectivity index (χ3n) is 1.97. The highest BCUT2D eigenvalue weighted by atomic mass is 16.5. The number of likely N-dealkylation sites (N-methyl/N-ethyl adjacent to an activating group) is 1. The Morgan fingerprint density at radius 3 is 1.43 bits per heavy atom. The van der Waals surface area contributed by atoms with Gasteiger partial charge in [-0.3, -0.25) is 14.4 Å². The van der Waals surface area contributed by atoms with E-state index in [1.54, 1.807) is 6.92 Å². The summed E-state index contributed by atoms with van der Waals surface area (Å²) in [6.45, 7) is 1.70. The molecular weight excluding hydrogens is 294 g/mol. The third kappa shape index (κ3) is 11.3. The van der Waals surface area contributed by atoms with Crippen LogP contribution in [0.15, 0.2) is 0 Å². The fourth-order valence-electron chi connectivity index (χ4n) is 0.982. The van der Waals surface area contributed by atoms with Crippen LogP contribution in [-0.4, -0.2) is 78.4 Å². The number of carboxylic acid groups (broad SMARTS) is 4. The molecule has 11 heteroatoms. The first-order chi connectivity index (χ1) is 9.44. The van der Waals surface area contributed by atoms with E-state index in [9.17, 15) is 19.2 Å². The Bertz CT molecular complexity index is 377. The molecule has 0 aliphatic rings. The highest BCUT2D eigenvalue weighted by Crippen LogP contribution is 2.15. The molecule has 122 valence electrons. The maximum absolute atomic E-state index is 10.3. The molecule has 0 spiro atoms. The Morgan fingerprint density at radius 1 is 0.905 bits per heavy atom. The average molecular weight is 311 g/mol. The highest BCUT2D eigenvalue weighted by molar-refractivity contribution is 5.88. The Labute approximate surface area is 118 Å². The van der Waals surface area contributed by atoms with Crippen LogP contribution in [0.3, 0.4) is 0 Å². The van der Waals surface area contributed by atoms with Crippen LogP contribution in [0.2, 0.25) is 0 Å². The van der Waals surface area contributed by atoms with Crippen molar-refractivity contribution in [2.45, 2.75) is 25.4 Å². The van der Waals surface area contributed by atoms with Crippen LogP contribution in [0.4, 0.5) is 0 Å². The molecule has 0 aliphatic heterocycles. The maximum Gasteiger partial charge on any atom is 0.336 e. The van der Waals surface area contributed by atoms with Gasteiger partial charge < -0.3 is 30.7 Å². The van der Waals surface area contributed by atoms with E-state index in [1.165, 1.54) is 0 Å². The van der Waals surface area contributed by atoms with Gasteiger partial charge in [0.2, 0.25) is 0 Å². The van der Waals surface area contributed by atoms with Crippen LogP contribution in [-0.2, 0) is 19.2 Å². The number of carboxylic acids is 4. The van der Waals surface area contributed by atoms with E-state index in [0.29, 0.717) is 6.54 Å². The van der Waals surface area contributed by atoms with Gasteiger partial charge in [-0.05, 0) is 0 Å². The molecule has 0 radical (unpaired) electrons. The molecule has 0 amide bonds. The largest absolute Gasteiger partial charge is 0.481 e. The first-order valence-corrected chi connectivity index (χ1v) is 5.49. The second-order valence-corrected chi connectivity index (χ2v) is 3.85. The summed E-state index contributed by atoms with van der Waals surface area (Å²) in [5, 5.41) is 51.0. The molecule has 0 heterocycles. The summed E-state index contributed by atoms with van der Waals surface area (Å²) in [5.74, 6) is -6.04. The Balaban J connectivity index is 0. The van der Waals surface area contributed by atoms with Crippen LogP contribution in [0.25, 0.3) is 0 Å². The van der Waals surface area contributed by atoms with Crippen LogP contribution in [0, 0.1) is 0 Å². The van der Waals surface area contributed by atoms with Gasteiger partial charge in [0.25, 0.3) is 0 Å². The van der Waals surface area contributed by atoms with Crippen molar-refractivity contribution in [3.8, 4) is 0 Å². The minimum atomic E-state index is -2.74. The van der Waals surface area contributed by atoms with Crippen molar-refractivity contribution >= 4 is 23.9 Å². The number of aliphatic hydroxyl groups is 1. The Morgan fingerprint density at radius 2 is 1.29 bits per heavy atom. The zero-order chi connectivity index (χ0) is 17.2. The van der Waals surface area contributed by atoms with Crippen LogP contribution in [0.5, 0.6) is 0 Å². The summed E-state index contributed by atoms with van der Waals surface area (Å²) in [7, 11) is 0. The maximum atomic E-state index is 10.3. The predicted molar refractivity (Wildman–Crippen MR) is 63.8 cm³/mol. The van der Waals surface area contributed by atoms with Gasteiger partial charge in [-0.1, -0.05) is 6.92 Å². The molecule has 0 aliphatic carbocycles. The summed E-state index contributed by atoms with van der Waals surface area (Å²) in [6, 6.07) is 0. The van der Waals surface area contributed by atoms with E-state index >= 15 is 0 Å². The molecule has 0 atom stereocenters. The summed E-state index contributed by atoms with van der Waals surface area (Å²) in [5.41, 5.74) is -2.74. The van der Waals surface area contributed by atoms with Crippen molar-refractivity contribution < 1.29 is 49.9 Å². The number of nitrogens with zero attached hydrogens (tertiary/aromatic N) is 1. The number of hydrogen-bond donors (Lipinski definition) is 6. The second-order valence-electron chi connectivity index (χ2n) is 3.85. The van der Waals surface area contributed by atoms with Crippen molar-refractivity contribution in [3.63, 3.8) is 0 Å². The van der Waals surface area contributed by atoms with Gasteiger partial charge >= 0.3 is 23.9 Å². The number of carbonyl (C=O) groups is 4. The first kappa shape index (κ1) is 21.1. The van der Waals surface area contributed by atoms with Crippen molar-refractivity contribution in [2.75, 3.05) is 13.1 Å². The fourth-order valence-corrected chi connectivity index (χ4v) is 0.982. The number of hydroxylamine groups is 2. The average Bonchev–Trinajstić information content (AvgIpc) is 2.26. The molecular formula is C10H17NO10. The quantitative estimate of drug-likeness (QED) is 0.286. The SMILES string of the molecule is CCN(O)CC(=O)O.O=C(O)CC(O)(CC(=O)O)C(=O)O. The molecule has 0 unspecified atom stereocenters. The smallest absolute Gasteiger partial charge is 0.336 e. The van der Waals surface area contributed by atoms with Gasteiger partial charge in [-0.2, -0.15) is 5.06 Å². The van der Waals surface area contributed by atoms with Crippen molar-refractivity contribution in [3.05, 3.63) is 0 Å². The lowest BCUT2D eigenvalue weighted by Crippen LogP contribution is -2.42. The molecule has 0 aromatic rings. The number of rotatable bonds is 8. The van der Waals surface area contributed by atoms with Gasteiger partial charge in [-0.15, -0.1) is 0 Å². The highest BCUT2D eigenvalue weighted by Gasteiger charge is 2.40. The third-order valence-corrected chi connectivity index (χ3v) is 1.97. The predicted octanol–water partition coefficient (Wildman–Crippen LogP) is -1.47. The summed E-state index contributed by atoms with van der Waals surface area (Å²) < 4.78 is 0. The molecule has 0 aromatic carbocycles. The monoisotopic (exact) mass is 311 g/mol. The molecule has 6 N–H and O–H groups in total. The summed E-state index contributed by atoms with van der Waals surface area (Å²) >= 11 is 0. The van der Waals surface area contributed by atoms with Gasteiger partial charge in [0, 0.05) is 6.54 Å². The second kappa shape index (κ2) is 9.63. The standard InChI is InChI=1S/C6H8O7.C4H9NO3/c7-3(8)1-6(13,5(11)12)2-4(9)10;1-2-5(8)3-4(6)7/h13H,1-2H2,(H,7,8)(H,9,10)(H,11,12);8H,2-3H2,1H3,(H,6,7). The van der Waals surface area contributed by atoms with Crippen LogP contribution in [0.1, 0.15) is 19.8 Å². The van der Waals surface area contributed by atoms with Crippen molar-refractivity contribution in [1.29, 1.82) is 0 Å². The lowest BCUT2D eigenvalue weighted by atomic mass is 9.96. The zero-order valence-electron chi connectivity index (χ0n) is 11.1. The fraction of sp³-hybridized carbons (Fsp3) is 0.600. The van der Waals surface area contributed by atoms with Crippen LogP contribution >= 0.6 is 0 Å². The van der Waals surface area contributed by atoms with Crippen LogP contribution < -0.4 is 0 Å². The molecule has 0 saturated carbocycles. The lowest BCUT2D eigenvalue weighted by Gasteiger charge is -2.18. The Hall–Kier alpha value is -2.24. The van der Waals surface area contributed by atoms with Gasteiger partial charge in [0.15, 0.2) is 5.60 Å². The lowest BCUT2D eigenvalue weighted by molar-refractivity contribution is -0.170. The molecule has 0 aromatic heterocycles. The Kier molecular flexibility index (Phi) is 9.66. The first-order valence-electron chi connectivity index (χ1n) is 5.49. The van der Waals surface area contributed by atoms with E-state index in [2.05, 4.69) is 0 Å². The van der Waals surface area contributed by atoms with Crippen molar-refractivity contribution in [1.82, 2.24) is 5.06 Å². The van der Waals surface area contributed by atoms with E-state index < -0.39 is 42.3 Å². The molecule has 21 heavy (non-hydrogen) atoms. The summed E-state index contributed by atoms with van der Waals surface area (Å²) in [4.78, 5) is 40.3. The van der Waals surface area contributed by atoms with Gasteiger partial charge in [0.1, 0.15) is 6.54 Å². The molecule has 0 rings (SSSR count). The zero-order valence-corrected chi connectivity index (χ0v) is 11.1. The van der Waals surface area contributed by atoms with E-state index in [4.69, 9.17) is 30.7 Å². The number of hydrogen-bond acceptors (Lipinski definition) is 7. The van der Waals surface area contributed by atoms with E-state index in [1.807, 2.05) is 0 Å². The van der Waals surface area contributed by atoms with Crippen molar-refractivity contribution in [2.24, 2.45) is 0 Å². The van der Waals surface area contributed by atoms with Gasteiger partial charge in [-0.25, -0.2) is 4.79 Å². The van der Waals surface area contributed by atoms with E-state index in [0.717, 1.165) is 5.06 Å².